The smallest absolute Gasteiger partial charge is 0.309 e. The van der Waals surface area contributed by atoms with Crippen LogP contribution in [-0.4, -0.2) is 19.3 Å². The minimum Gasteiger partial charge on any atom is -0.309 e. The summed E-state index contributed by atoms with van der Waals surface area (Å²) in [5.74, 6) is 0. The van der Waals surface area contributed by atoms with Crippen molar-refractivity contribution in [3.8, 4) is 0 Å². The van der Waals surface area contributed by atoms with E-state index in [9.17, 15) is 0 Å². The zero-order chi connectivity index (χ0) is 11.1. The molecule has 1 aliphatic carbocycles. The van der Waals surface area contributed by atoms with E-state index in [4.69, 9.17) is 25.4 Å². The molecule has 0 spiro atoms. The first kappa shape index (κ1) is 13.6. The minimum absolute atomic E-state index is 0.252. The topological polar surface area (TPSA) is 27.7 Å². The second-order valence-corrected chi connectivity index (χ2v) is 6.61. The monoisotopic (exact) mass is 252 g/mol. The van der Waals surface area contributed by atoms with Crippen LogP contribution in [0.3, 0.4) is 0 Å². The fourth-order valence-electron chi connectivity index (χ4n) is 1.77. The van der Waals surface area contributed by atoms with Crippen molar-refractivity contribution in [3.63, 3.8) is 0 Å². The molecule has 0 unspecified atom stereocenters. The van der Waals surface area contributed by atoms with Gasteiger partial charge in [0, 0.05) is 0 Å². The Morgan fingerprint density at radius 3 is 2.07 bits per heavy atom. The van der Waals surface area contributed by atoms with Crippen LogP contribution in [-0.2, 0) is 25.4 Å². The molecule has 90 valence electrons. The lowest BCUT2D eigenvalue weighted by atomic mass is 9.98. The van der Waals surface area contributed by atoms with Crippen LogP contribution >= 0.6 is 6.72 Å². The molecule has 15 heavy (non-hydrogen) atoms. The van der Waals surface area contributed by atoms with Crippen LogP contribution in [0, 0.1) is 0 Å². The second-order valence-electron chi connectivity index (χ2n) is 3.65. The van der Waals surface area contributed by atoms with Gasteiger partial charge in [0.15, 0.2) is 0 Å². The fraction of sp³-hybridized carbons (Fsp3) is 1.00. The number of hydrogen-bond donors (Lipinski definition) is 0. The van der Waals surface area contributed by atoms with E-state index in [0.717, 1.165) is 12.8 Å². The minimum atomic E-state index is -2.45. The molecular formula is C10H21O3PS. The molecule has 1 aliphatic rings. The highest BCUT2D eigenvalue weighted by molar-refractivity contribution is 8.07. The molecule has 0 aromatic heterocycles. The average Bonchev–Trinajstić information content (AvgIpc) is 2.19. The largest absolute Gasteiger partial charge is 0.327 e. The maximum Gasteiger partial charge on any atom is 0.327 e. The Bertz CT molecular complexity index is 207. The lowest BCUT2D eigenvalue weighted by Crippen LogP contribution is -2.16. The standard InChI is InChI=1S/C10H21O3PS/c1-3-11-14(15,12-4-2)13-10-8-6-5-7-9-10/h10H,3-9H2,1-2H3. The molecule has 0 N–H and O–H groups in total. The molecule has 5 heteroatoms. The van der Waals surface area contributed by atoms with Gasteiger partial charge in [-0.25, -0.2) is 0 Å². The van der Waals surface area contributed by atoms with Crippen LogP contribution in [0.25, 0.3) is 0 Å². The summed E-state index contributed by atoms with van der Waals surface area (Å²) in [5.41, 5.74) is 0. The van der Waals surface area contributed by atoms with Gasteiger partial charge in [-0.15, -0.1) is 0 Å². The van der Waals surface area contributed by atoms with Crippen molar-refractivity contribution in [2.75, 3.05) is 13.2 Å². The third-order valence-corrected chi connectivity index (χ3v) is 5.00. The molecule has 0 atom stereocenters. The maximum absolute atomic E-state index is 5.84. The Morgan fingerprint density at radius 1 is 1.07 bits per heavy atom. The van der Waals surface area contributed by atoms with Crippen LogP contribution in [0.4, 0.5) is 0 Å². The summed E-state index contributed by atoms with van der Waals surface area (Å²) >= 11 is 5.33. The molecule has 1 saturated carbocycles. The van der Waals surface area contributed by atoms with Crippen molar-refractivity contribution in [1.82, 2.24) is 0 Å². The molecule has 0 bridgehead atoms. The Balaban J connectivity index is 2.45. The van der Waals surface area contributed by atoms with E-state index < -0.39 is 6.72 Å². The fourth-order valence-corrected chi connectivity index (χ4v) is 4.17. The summed E-state index contributed by atoms with van der Waals surface area (Å²) in [4.78, 5) is 0. The third kappa shape index (κ3) is 4.92. The van der Waals surface area contributed by atoms with Crippen LogP contribution in [0.5, 0.6) is 0 Å². The van der Waals surface area contributed by atoms with E-state index in [1.54, 1.807) is 0 Å². The second kappa shape index (κ2) is 6.97. The van der Waals surface area contributed by atoms with Crippen molar-refractivity contribution >= 4 is 18.5 Å². The van der Waals surface area contributed by atoms with E-state index in [0.29, 0.717) is 13.2 Å². The molecule has 0 aliphatic heterocycles. The summed E-state index contributed by atoms with van der Waals surface area (Å²) in [5, 5.41) is 0. The molecule has 0 aromatic carbocycles. The van der Waals surface area contributed by atoms with Gasteiger partial charge in [0.2, 0.25) is 0 Å². The lowest BCUT2D eigenvalue weighted by Gasteiger charge is -2.28. The van der Waals surface area contributed by atoms with E-state index in [1.165, 1.54) is 19.3 Å². The van der Waals surface area contributed by atoms with E-state index in [-0.39, 0.29) is 6.10 Å². The van der Waals surface area contributed by atoms with Crippen LogP contribution in [0.1, 0.15) is 46.0 Å². The summed E-state index contributed by atoms with van der Waals surface area (Å²) in [6.45, 7) is 2.51. The molecular weight excluding hydrogens is 231 g/mol. The summed E-state index contributed by atoms with van der Waals surface area (Å²) < 4.78 is 16.7. The van der Waals surface area contributed by atoms with Crippen molar-refractivity contribution in [2.45, 2.75) is 52.1 Å². The molecule has 0 aromatic rings. The molecule has 1 fully saturated rings. The van der Waals surface area contributed by atoms with Crippen molar-refractivity contribution in [3.05, 3.63) is 0 Å². The van der Waals surface area contributed by atoms with Crippen LogP contribution < -0.4 is 0 Å². The van der Waals surface area contributed by atoms with E-state index in [2.05, 4.69) is 0 Å². The van der Waals surface area contributed by atoms with Gasteiger partial charge >= 0.3 is 6.72 Å². The van der Waals surface area contributed by atoms with E-state index in [1.807, 2.05) is 13.8 Å². The van der Waals surface area contributed by atoms with Gasteiger partial charge in [0.25, 0.3) is 0 Å². The number of rotatable bonds is 6. The average molecular weight is 252 g/mol. The zero-order valence-corrected chi connectivity index (χ0v) is 11.3. The summed E-state index contributed by atoms with van der Waals surface area (Å²) in [6.07, 6.45) is 6.22. The van der Waals surface area contributed by atoms with Gasteiger partial charge in [-0.2, -0.15) is 0 Å². The van der Waals surface area contributed by atoms with Crippen LogP contribution in [0.15, 0.2) is 0 Å². The van der Waals surface area contributed by atoms with E-state index >= 15 is 0 Å². The first-order valence-corrected chi connectivity index (χ1v) is 8.33. The van der Waals surface area contributed by atoms with Gasteiger partial charge in [-0.3, -0.25) is 0 Å². The normalized spacial score (nSPS) is 19.3. The Kier molecular flexibility index (Phi) is 6.32. The Labute approximate surface area is 97.7 Å². The maximum atomic E-state index is 5.84. The molecule has 0 saturated heterocycles. The summed E-state index contributed by atoms with van der Waals surface area (Å²) in [6, 6.07) is 0. The van der Waals surface area contributed by atoms with Crippen molar-refractivity contribution < 1.29 is 13.6 Å². The van der Waals surface area contributed by atoms with Gasteiger partial charge in [0.1, 0.15) is 0 Å². The highest BCUT2D eigenvalue weighted by atomic mass is 32.5. The molecule has 0 radical (unpaired) electrons. The lowest BCUT2D eigenvalue weighted by molar-refractivity contribution is 0.0973. The van der Waals surface area contributed by atoms with Gasteiger partial charge in [0.05, 0.1) is 19.3 Å². The SMILES string of the molecule is CCOP(=S)(OCC)OC1CCCCC1. The van der Waals surface area contributed by atoms with Crippen molar-refractivity contribution in [2.24, 2.45) is 0 Å². The molecule has 3 nitrogen and oxygen atoms in total. The summed E-state index contributed by atoms with van der Waals surface area (Å²) in [7, 11) is 0. The zero-order valence-electron chi connectivity index (χ0n) is 9.61. The Hall–Kier alpha value is 0.530. The van der Waals surface area contributed by atoms with Crippen molar-refractivity contribution in [1.29, 1.82) is 0 Å². The predicted octanol–water partition coefficient (Wildman–Crippen LogP) is 3.63. The first-order chi connectivity index (χ1) is 7.20. The quantitative estimate of drug-likeness (QED) is 0.675. The van der Waals surface area contributed by atoms with Gasteiger partial charge in [-0.05, 0) is 38.5 Å². The highest BCUT2D eigenvalue weighted by Crippen LogP contribution is 2.52. The van der Waals surface area contributed by atoms with Crippen LogP contribution in [0.2, 0.25) is 0 Å². The first-order valence-electron chi connectivity index (χ1n) is 5.77. The molecule has 1 rings (SSSR count). The van der Waals surface area contributed by atoms with Gasteiger partial charge in [-0.1, -0.05) is 19.3 Å². The predicted molar refractivity (Wildman–Crippen MR) is 65.5 cm³/mol. The highest BCUT2D eigenvalue weighted by Gasteiger charge is 2.25. The molecule has 0 heterocycles. The Morgan fingerprint density at radius 2 is 1.60 bits per heavy atom. The molecule has 0 amide bonds. The number of hydrogen-bond acceptors (Lipinski definition) is 4. The third-order valence-electron chi connectivity index (χ3n) is 2.40. The van der Waals surface area contributed by atoms with Gasteiger partial charge < -0.3 is 13.6 Å².